The van der Waals surface area contributed by atoms with Crippen molar-refractivity contribution in [3.05, 3.63) is 35.6 Å². The van der Waals surface area contributed by atoms with Gasteiger partial charge in [0.15, 0.2) is 0 Å². The molecule has 0 spiro atoms. The van der Waals surface area contributed by atoms with Crippen molar-refractivity contribution in [2.24, 2.45) is 10.9 Å². The van der Waals surface area contributed by atoms with E-state index in [1.165, 1.54) is 0 Å². The van der Waals surface area contributed by atoms with Gasteiger partial charge in [-0.05, 0) is 17.7 Å². The third-order valence-electron chi connectivity index (χ3n) is 2.95. The molecule has 1 atom stereocenters. The van der Waals surface area contributed by atoms with Crippen LogP contribution in [0.15, 0.2) is 40.6 Å². The van der Waals surface area contributed by atoms with Crippen molar-refractivity contribution in [2.75, 3.05) is 13.7 Å². The normalized spacial score (nSPS) is 23.6. The van der Waals surface area contributed by atoms with Gasteiger partial charge in [0, 0.05) is 31.2 Å². The van der Waals surface area contributed by atoms with Gasteiger partial charge in [-0.25, -0.2) is 4.99 Å². The van der Waals surface area contributed by atoms with E-state index < -0.39 is 0 Å². The monoisotopic (exact) mass is 260 g/mol. The molecule has 2 aliphatic rings. The molecule has 0 saturated heterocycles. The van der Waals surface area contributed by atoms with E-state index in [1.54, 1.807) is 32.3 Å². The number of carbonyl (C=O) groups excluding carboxylic acids is 2. The molecule has 19 heavy (non-hydrogen) atoms. The molecule has 5 heteroatoms. The summed E-state index contributed by atoms with van der Waals surface area (Å²) in [7, 11) is 1.59. The fraction of sp³-hybridized carbons (Fsp3) is 0.357. The molecule has 2 amide bonds. The fourth-order valence-corrected chi connectivity index (χ4v) is 2.06. The van der Waals surface area contributed by atoms with Crippen LogP contribution < -0.4 is 5.32 Å². The van der Waals surface area contributed by atoms with Gasteiger partial charge in [0.25, 0.3) is 0 Å². The van der Waals surface area contributed by atoms with Gasteiger partial charge in [-0.2, -0.15) is 0 Å². The first-order valence-electron chi connectivity index (χ1n) is 6.15. The molecule has 1 aliphatic carbocycles. The van der Waals surface area contributed by atoms with E-state index in [0.29, 0.717) is 18.7 Å². The van der Waals surface area contributed by atoms with Crippen LogP contribution in [0.2, 0.25) is 0 Å². The number of amides is 2. The van der Waals surface area contributed by atoms with Crippen LogP contribution in [0.3, 0.4) is 0 Å². The molecular formula is C14H16N2O3. The SMILES string of the molecule is CCC(=O)N=C1C=CC2C(COC)=CC(=O)NC2=C1. The van der Waals surface area contributed by atoms with Crippen LogP contribution in [0.25, 0.3) is 0 Å². The van der Waals surface area contributed by atoms with Crippen LogP contribution in [0, 0.1) is 5.92 Å². The van der Waals surface area contributed by atoms with Crippen molar-refractivity contribution in [3.63, 3.8) is 0 Å². The summed E-state index contributed by atoms with van der Waals surface area (Å²) in [6.07, 6.45) is 7.36. The first kappa shape index (κ1) is 13.4. The molecule has 5 nitrogen and oxygen atoms in total. The lowest BCUT2D eigenvalue weighted by atomic mass is 9.88. The van der Waals surface area contributed by atoms with Crippen molar-refractivity contribution in [3.8, 4) is 0 Å². The Balaban J connectivity index is 2.27. The Labute approximate surface area is 111 Å². The standard InChI is InChI=1S/C14H16N2O3/c1-3-13(17)15-10-4-5-11-9(8-19-2)6-14(18)16-12(11)7-10/h4-7,11H,3,8H2,1-2H3,(H,16,18). The Morgan fingerprint density at radius 3 is 2.95 bits per heavy atom. The number of aliphatic imine (C=N–C) groups is 1. The number of fused-ring (bicyclic) bond motifs is 1. The Bertz CT molecular complexity index is 527. The van der Waals surface area contributed by atoms with Crippen LogP contribution in [0.5, 0.6) is 0 Å². The Kier molecular flexibility index (Phi) is 4.06. The van der Waals surface area contributed by atoms with Gasteiger partial charge < -0.3 is 10.1 Å². The highest BCUT2D eigenvalue weighted by Gasteiger charge is 2.26. The third-order valence-corrected chi connectivity index (χ3v) is 2.95. The third kappa shape index (κ3) is 3.06. The average Bonchev–Trinajstić information content (AvgIpc) is 2.38. The van der Waals surface area contributed by atoms with E-state index in [4.69, 9.17) is 4.74 Å². The summed E-state index contributed by atoms with van der Waals surface area (Å²) in [6, 6.07) is 0. The first-order valence-corrected chi connectivity index (χ1v) is 6.15. The van der Waals surface area contributed by atoms with Crippen LogP contribution in [0.4, 0.5) is 0 Å². The summed E-state index contributed by atoms with van der Waals surface area (Å²) in [5.74, 6) is -0.357. The maximum absolute atomic E-state index is 11.6. The maximum atomic E-state index is 11.6. The van der Waals surface area contributed by atoms with Crippen LogP contribution >= 0.6 is 0 Å². The molecule has 0 saturated carbocycles. The molecule has 0 bridgehead atoms. The summed E-state index contributed by atoms with van der Waals surface area (Å²) < 4.78 is 5.09. The minimum absolute atomic E-state index is 0.00618. The molecule has 1 unspecified atom stereocenters. The molecule has 0 fully saturated rings. The molecule has 0 aromatic heterocycles. The summed E-state index contributed by atoms with van der Waals surface area (Å²) in [5.41, 5.74) is 2.20. The number of nitrogens with one attached hydrogen (secondary N) is 1. The van der Waals surface area contributed by atoms with E-state index in [-0.39, 0.29) is 17.7 Å². The van der Waals surface area contributed by atoms with Crippen molar-refractivity contribution in [1.82, 2.24) is 5.32 Å². The topological polar surface area (TPSA) is 67.8 Å². The van der Waals surface area contributed by atoms with Gasteiger partial charge in [0.05, 0.1) is 12.3 Å². The quantitative estimate of drug-likeness (QED) is 0.827. The molecule has 0 aromatic carbocycles. The molecule has 0 radical (unpaired) electrons. The predicted octanol–water partition coefficient (Wildman–Crippen LogP) is 1.14. The minimum atomic E-state index is -0.176. The van der Waals surface area contributed by atoms with Crippen molar-refractivity contribution >= 4 is 17.5 Å². The van der Waals surface area contributed by atoms with E-state index >= 15 is 0 Å². The average molecular weight is 260 g/mol. The predicted molar refractivity (Wildman–Crippen MR) is 71.5 cm³/mol. The number of nitrogens with zero attached hydrogens (tertiary/aromatic N) is 1. The number of hydrogen-bond acceptors (Lipinski definition) is 3. The zero-order valence-corrected chi connectivity index (χ0v) is 11.0. The van der Waals surface area contributed by atoms with Gasteiger partial charge in [-0.3, -0.25) is 9.59 Å². The summed E-state index contributed by atoms with van der Waals surface area (Å²) in [6.45, 7) is 2.16. The molecule has 2 rings (SSSR count). The van der Waals surface area contributed by atoms with Gasteiger partial charge in [-0.1, -0.05) is 13.0 Å². The van der Waals surface area contributed by atoms with Gasteiger partial charge in [0.2, 0.25) is 11.8 Å². The highest BCUT2D eigenvalue weighted by Crippen LogP contribution is 2.27. The summed E-state index contributed by atoms with van der Waals surface area (Å²) in [5, 5.41) is 2.77. The van der Waals surface area contributed by atoms with Crippen molar-refractivity contribution in [2.45, 2.75) is 13.3 Å². The van der Waals surface area contributed by atoms with Crippen molar-refractivity contribution < 1.29 is 14.3 Å². The fourth-order valence-electron chi connectivity index (χ4n) is 2.06. The molecule has 1 N–H and O–H groups in total. The van der Waals surface area contributed by atoms with Gasteiger partial charge in [-0.15, -0.1) is 0 Å². The van der Waals surface area contributed by atoms with Crippen molar-refractivity contribution in [1.29, 1.82) is 0 Å². The summed E-state index contributed by atoms with van der Waals surface area (Å²) >= 11 is 0. The maximum Gasteiger partial charge on any atom is 0.248 e. The van der Waals surface area contributed by atoms with Gasteiger partial charge >= 0.3 is 0 Å². The second-order valence-electron chi connectivity index (χ2n) is 4.36. The number of allylic oxidation sites excluding steroid dienone is 3. The Morgan fingerprint density at radius 2 is 2.26 bits per heavy atom. The highest BCUT2D eigenvalue weighted by molar-refractivity contribution is 6.11. The molecular weight excluding hydrogens is 244 g/mol. The van der Waals surface area contributed by atoms with E-state index in [9.17, 15) is 9.59 Å². The van der Waals surface area contributed by atoms with E-state index in [0.717, 1.165) is 11.3 Å². The minimum Gasteiger partial charge on any atom is -0.380 e. The van der Waals surface area contributed by atoms with Crippen LogP contribution in [0.1, 0.15) is 13.3 Å². The zero-order valence-electron chi connectivity index (χ0n) is 11.0. The molecule has 1 heterocycles. The second-order valence-corrected chi connectivity index (χ2v) is 4.36. The lowest BCUT2D eigenvalue weighted by molar-refractivity contribution is -0.117. The number of rotatable bonds is 3. The van der Waals surface area contributed by atoms with Crippen LogP contribution in [-0.4, -0.2) is 31.2 Å². The number of carbonyl (C=O) groups is 2. The van der Waals surface area contributed by atoms with Crippen LogP contribution in [-0.2, 0) is 14.3 Å². The van der Waals surface area contributed by atoms with E-state index in [2.05, 4.69) is 10.3 Å². The lowest BCUT2D eigenvalue weighted by Crippen LogP contribution is -2.34. The molecule has 0 aromatic rings. The smallest absolute Gasteiger partial charge is 0.248 e. The largest absolute Gasteiger partial charge is 0.380 e. The molecule has 100 valence electrons. The Morgan fingerprint density at radius 1 is 1.47 bits per heavy atom. The molecule has 1 aliphatic heterocycles. The van der Waals surface area contributed by atoms with Gasteiger partial charge in [0.1, 0.15) is 0 Å². The lowest BCUT2D eigenvalue weighted by Gasteiger charge is -2.27. The summed E-state index contributed by atoms with van der Waals surface area (Å²) in [4.78, 5) is 26.8. The second kappa shape index (κ2) is 5.75. The number of ether oxygens (including phenoxy) is 1. The number of hydrogen-bond donors (Lipinski definition) is 1. The number of methoxy groups -OCH3 is 1. The van der Waals surface area contributed by atoms with E-state index in [1.807, 2.05) is 6.08 Å². The Hall–Kier alpha value is -2.01. The zero-order chi connectivity index (χ0) is 13.8. The highest BCUT2D eigenvalue weighted by atomic mass is 16.5. The first-order chi connectivity index (χ1) is 9.13.